The molecule has 0 heterocycles. The topological polar surface area (TPSA) is 113 Å². The summed E-state index contributed by atoms with van der Waals surface area (Å²) in [6.07, 6.45) is -8.79. The molecule has 0 saturated heterocycles. The average molecular weight is 281 g/mol. The van der Waals surface area contributed by atoms with Crippen LogP contribution in [0.3, 0.4) is 0 Å². The van der Waals surface area contributed by atoms with Crippen LogP contribution in [0.25, 0.3) is 0 Å². The van der Waals surface area contributed by atoms with Gasteiger partial charge in [0.05, 0.1) is 0 Å². The fraction of sp³-hybridized carbons (Fsp3) is 0.300. The van der Waals surface area contributed by atoms with Crippen molar-refractivity contribution in [2.24, 2.45) is 5.73 Å². The van der Waals surface area contributed by atoms with E-state index in [-0.39, 0.29) is 5.56 Å². The van der Waals surface area contributed by atoms with Gasteiger partial charge in [0.1, 0.15) is 17.6 Å². The van der Waals surface area contributed by atoms with Crippen LogP contribution in [0.1, 0.15) is 11.7 Å². The summed E-state index contributed by atoms with van der Waals surface area (Å²) in [5.41, 5.74) is 4.37. The van der Waals surface area contributed by atoms with Crippen LogP contribution < -0.4 is 10.5 Å². The lowest BCUT2D eigenvalue weighted by Gasteiger charge is -2.17. The number of phenols is 1. The Bertz CT molecular complexity index is 477. The van der Waals surface area contributed by atoms with E-state index in [9.17, 15) is 33.3 Å². The molecule has 0 fully saturated rings. The minimum atomic E-state index is -4.93. The molecule has 1 rings (SSSR count). The number of aliphatic hydroxyl groups excluding tert-OH is 2. The fourth-order valence-electron chi connectivity index (χ4n) is 1.30. The van der Waals surface area contributed by atoms with Crippen molar-refractivity contribution < 1.29 is 38.0 Å². The summed E-state index contributed by atoms with van der Waals surface area (Å²) in [4.78, 5) is 10.6. The number of ether oxygens (including phenoxy) is 1. The zero-order valence-electron chi connectivity index (χ0n) is 9.26. The molecule has 0 bridgehead atoms. The molecule has 19 heavy (non-hydrogen) atoms. The number of amides is 1. The summed E-state index contributed by atoms with van der Waals surface area (Å²) < 4.78 is 39.3. The van der Waals surface area contributed by atoms with Gasteiger partial charge in [0.15, 0.2) is 6.10 Å². The third-order valence-corrected chi connectivity index (χ3v) is 2.14. The highest BCUT2D eigenvalue weighted by Crippen LogP contribution is 2.32. The highest BCUT2D eigenvalue weighted by Gasteiger charge is 2.32. The molecule has 0 aliphatic rings. The molecule has 1 amide bonds. The minimum absolute atomic E-state index is 0.360. The Labute approximate surface area is 104 Å². The number of hydrogen-bond acceptors (Lipinski definition) is 5. The number of primary amides is 1. The van der Waals surface area contributed by atoms with Crippen LogP contribution in [-0.4, -0.2) is 33.7 Å². The number of phenolic OH excluding ortho intramolecular Hbond substituents is 1. The molecule has 0 aliphatic heterocycles. The standard InChI is InChI=1S/C10H10F3NO5/c11-10(12,13)19-4-1-2-5(6(15)3-4)7(16)8(17)9(14)18/h1-3,7-8,15-17H,(H2,14,18). The molecule has 0 aliphatic carbocycles. The monoisotopic (exact) mass is 281 g/mol. The molecular weight excluding hydrogens is 271 g/mol. The van der Waals surface area contributed by atoms with E-state index >= 15 is 0 Å². The van der Waals surface area contributed by atoms with Crippen LogP contribution in [-0.2, 0) is 4.79 Å². The Morgan fingerprint density at radius 2 is 1.89 bits per heavy atom. The molecule has 9 heteroatoms. The van der Waals surface area contributed by atoms with Crippen LogP contribution >= 0.6 is 0 Å². The quantitative estimate of drug-likeness (QED) is 0.628. The summed E-state index contributed by atoms with van der Waals surface area (Å²) in [6.45, 7) is 0. The molecule has 2 unspecified atom stereocenters. The van der Waals surface area contributed by atoms with Gasteiger partial charge >= 0.3 is 6.36 Å². The molecule has 5 N–H and O–H groups in total. The Morgan fingerprint density at radius 3 is 2.32 bits per heavy atom. The first-order chi connectivity index (χ1) is 8.61. The first-order valence-electron chi connectivity index (χ1n) is 4.86. The van der Waals surface area contributed by atoms with Crippen molar-refractivity contribution in [1.29, 1.82) is 0 Å². The molecular formula is C10H10F3NO5. The SMILES string of the molecule is NC(=O)C(O)C(O)c1ccc(OC(F)(F)F)cc1O. The van der Waals surface area contributed by atoms with Gasteiger partial charge in [-0.3, -0.25) is 4.79 Å². The largest absolute Gasteiger partial charge is 0.573 e. The van der Waals surface area contributed by atoms with E-state index in [1.54, 1.807) is 0 Å². The maximum Gasteiger partial charge on any atom is 0.573 e. The van der Waals surface area contributed by atoms with Gasteiger partial charge in [-0.1, -0.05) is 0 Å². The van der Waals surface area contributed by atoms with Crippen LogP contribution in [0.5, 0.6) is 11.5 Å². The van der Waals surface area contributed by atoms with E-state index in [4.69, 9.17) is 5.73 Å². The van der Waals surface area contributed by atoms with Crippen LogP contribution in [0.4, 0.5) is 13.2 Å². The summed E-state index contributed by atoms with van der Waals surface area (Å²) in [5.74, 6) is -2.74. The van der Waals surface area contributed by atoms with Crippen molar-refractivity contribution in [3.8, 4) is 11.5 Å². The lowest BCUT2D eigenvalue weighted by Crippen LogP contribution is -2.33. The van der Waals surface area contributed by atoms with Gasteiger partial charge in [-0.15, -0.1) is 13.2 Å². The van der Waals surface area contributed by atoms with E-state index in [2.05, 4.69) is 4.74 Å². The van der Waals surface area contributed by atoms with Crippen molar-refractivity contribution in [2.75, 3.05) is 0 Å². The zero-order valence-corrected chi connectivity index (χ0v) is 9.26. The third kappa shape index (κ3) is 4.00. The van der Waals surface area contributed by atoms with Crippen LogP contribution in [0.15, 0.2) is 18.2 Å². The van der Waals surface area contributed by atoms with Crippen molar-refractivity contribution in [1.82, 2.24) is 0 Å². The van der Waals surface area contributed by atoms with E-state index in [1.807, 2.05) is 0 Å². The Morgan fingerprint density at radius 1 is 1.32 bits per heavy atom. The Hall–Kier alpha value is -2.00. The van der Waals surface area contributed by atoms with E-state index in [0.717, 1.165) is 12.1 Å². The second-order valence-electron chi connectivity index (χ2n) is 3.56. The van der Waals surface area contributed by atoms with Crippen molar-refractivity contribution >= 4 is 5.91 Å². The van der Waals surface area contributed by atoms with Crippen molar-refractivity contribution in [3.63, 3.8) is 0 Å². The van der Waals surface area contributed by atoms with Crippen LogP contribution in [0.2, 0.25) is 0 Å². The molecule has 1 aromatic rings. The summed E-state index contributed by atoms with van der Waals surface area (Å²) in [6, 6.07) is 2.26. The summed E-state index contributed by atoms with van der Waals surface area (Å²) in [7, 11) is 0. The number of halogens is 3. The predicted molar refractivity (Wildman–Crippen MR) is 55.0 cm³/mol. The first-order valence-corrected chi connectivity index (χ1v) is 4.86. The zero-order chi connectivity index (χ0) is 14.8. The summed E-state index contributed by atoms with van der Waals surface area (Å²) in [5, 5.41) is 28.1. The first kappa shape index (κ1) is 15.1. The molecule has 0 saturated carbocycles. The van der Waals surface area contributed by atoms with E-state index < -0.39 is 36.0 Å². The lowest BCUT2D eigenvalue weighted by atomic mass is 10.0. The van der Waals surface area contributed by atoms with Gasteiger partial charge in [0.2, 0.25) is 5.91 Å². The molecule has 6 nitrogen and oxygen atoms in total. The average Bonchev–Trinajstić information content (AvgIpc) is 2.25. The smallest absolute Gasteiger partial charge is 0.507 e. The fourth-order valence-corrected chi connectivity index (χ4v) is 1.30. The molecule has 106 valence electrons. The predicted octanol–water partition coefficient (Wildman–Crippen LogP) is 0.170. The van der Waals surface area contributed by atoms with Gasteiger partial charge in [-0.05, 0) is 12.1 Å². The lowest BCUT2D eigenvalue weighted by molar-refractivity contribution is -0.274. The van der Waals surface area contributed by atoms with Gasteiger partial charge < -0.3 is 25.8 Å². The van der Waals surface area contributed by atoms with Gasteiger partial charge in [-0.25, -0.2) is 0 Å². The summed E-state index contributed by atoms with van der Waals surface area (Å²) >= 11 is 0. The number of hydrogen-bond donors (Lipinski definition) is 4. The molecule has 2 atom stereocenters. The van der Waals surface area contributed by atoms with Gasteiger partial charge in [0.25, 0.3) is 0 Å². The number of carbonyl (C=O) groups is 1. The van der Waals surface area contributed by atoms with E-state index in [1.165, 1.54) is 0 Å². The molecule has 0 aromatic heterocycles. The number of nitrogens with two attached hydrogens (primary N) is 1. The maximum atomic E-state index is 11.9. The van der Waals surface area contributed by atoms with Crippen molar-refractivity contribution in [3.05, 3.63) is 23.8 Å². The molecule has 1 aromatic carbocycles. The number of aliphatic hydroxyl groups is 2. The van der Waals surface area contributed by atoms with Gasteiger partial charge in [-0.2, -0.15) is 0 Å². The number of aromatic hydroxyl groups is 1. The minimum Gasteiger partial charge on any atom is -0.507 e. The number of rotatable bonds is 4. The van der Waals surface area contributed by atoms with Crippen molar-refractivity contribution in [2.45, 2.75) is 18.6 Å². The molecule has 0 radical (unpaired) electrons. The second kappa shape index (κ2) is 5.33. The number of benzene rings is 1. The Kier molecular flexibility index (Phi) is 4.22. The highest BCUT2D eigenvalue weighted by molar-refractivity contribution is 5.79. The maximum absolute atomic E-state index is 11.9. The number of carbonyl (C=O) groups excluding carboxylic acids is 1. The van der Waals surface area contributed by atoms with E-state index in [0.29, 0.717) is 6.07 Å². The van der Waals surface area contributed by atoms with Gasteiger partial charge in [0, 0.05) is 11.6 Å². The normalized spacial score (nSPS) is 14.8. The number of alkyl halides is 3. The van der Waals surface area contributed by atoms with Crippen LogP contribution in [0, 0.1) is 0 Å². The molecule has 0 spiro atoms. The third-order valence-electron chi connectivity index (χ3n) is 2.14. The second-order valence-corrected chi connectivity index (χ2v) is 3.56. The highest BCUT2D eigenvalue weighted by atomic mass is 19.4. The Balaban J connectivity index is 2.97.